The number of ketones is 1. The van der Waals surface area contributed by atoms with Gasteiger partial charge in [0.1, 0.15) is 5.78 Å². The van der Waals surface area contributed by atoms with Crippen LogP contribution in [0.4, 0.5) is 0 Å². The van der Waals surface area contributed by atoms with E-state index >= 15 is 0 Å². The molecule has 4 heteroatoms. The number of ether oxygens (including phenoxy) is 1. The van der Waals surface area contributed by atoms with Crippen LogP contribution in [0.3, 0.4) is 0 Å². The molecule has 0 saturated carbocycles. The largest absolute Gasteiger partial charge is 0.379 e. The van der Waals surface area contributed by atoms with Gasteiger partial charge in [-0.3, -0.25) is 9.69 Å². The third kappa shape index (κ3) is 12.1. The standard InChI is InChI=1S/C17H33NO2.ClH/c1-2-3-4-5-6-7-8-9-10-11-17(19)16-18-12-14-20-15-13-18;/h2-16H2,1H3;1H. The topological polar surface area (TPSA) is 29.5 Å². The lowest BCUT2D eigenvalue weighted by molar-refractivity contribution is -0.121. The molecule has 3 nitrogen and oxygen atoms in total. The van der Waals surface area contributed by atoms with Crippen molar-refractivity contribution >= 4 is 18.2 Å². The molecule has 0 bridgehead atoms. The summed E-state index contributed by atoms with van der Waals surface area (Å²) in [6, 6.07) is 0. The molecule has 0 N–H and O–H groups in total. The highest BCUT2D eigenvalue weighted by atomic mass is 35.5. The van der Waals surface area contributed by atoms with Gasteiger partial charge in [-0.1, -0.05) is 58.3 Å². The Morgan fingerprint density at radius 3 is 2.00 bits per heavy atom. The van der Waals surface area contributed by atoms with E-state index in [0.717, 1.165) is 39.1 Å². The van der Waals surface area contributed by atoms with Crippen LogP contribution in [0.15, 0.2) is 0 Å². The van der Waals surface area contributed by atoms with Gasteiger partial charge in [-0.25, -0.2) is 0 Å². The zero-order valence-corrected chi connectivity index (χ0v) is 14.6. The Morgan fingerprint density at radius 2 is 1.43 bits per heavy atom. The summed E-state index contributed by atoms with van der Waals surface area (Å²) >= 11 is 0. The smallest absolute Gasteiger partial charge is 0.146 e. The Balaban J connectivity index is 0.00000400. The minimum atomic E-state index is 0. The second kappa shape index (κ2) is 14.8. The number of carbonyl (C=O) groups excluding carboxylic acids is 1. The van der Waals surface area contributed by atoms with E-state index in [1.165, 1.54) is 51.4 Å². The highest BCUT2D eigenvalue weighted by molar-refractivity contribution is 5.85. The molecule has 1 aliphatic heterocycles. The first-order chi connectivity index (χ1) is 9.83. The molecule has 0 aliphatic carbocycles. The van der Waals surface area contributed by atoms with E-state index in [1.54, 1.807) is 0 Å². The predicted octanol–water partition coefficient (Wildman–Crippen LogP) is 4.23. The molecular formula is C17H34ClNO2. The van der Waals surface area contributed by atoms with Crippen molar-refractivity contribution in [2.45, 2.75) is 71.1 Å². The first kappa shape index (κ1) is 20.9. The SMILES string of the molecule is CCCCCCCCCCCC(=O)CN1CCOCC1.Cl. The number of hydrogen-bond donors (Lipinski definition) is 0. The summed E-state index contributed by atoms with van der Waals surface area (Å²) in [7, 11) is 0. The fourth-order valence-electron chi connectivity index (χ4n) is 2.72. The molecular weight excluding hydrogens is 286 g/mol. The number of halogens is 1. The molecule has 0 aromatic carbocycles. The van der Waals surface area contributed by atoms with Crippen molar-refractivity contribution in [3.05, 3.63) is 0 Å². The van der Waals surface area contributed by atoms with E-state index in [1.807, 2.05) is 0 Å². The molecule has 0 radical (unpaired) electrons. The second-order valence-corrected chi connectivity index (χ2v) is 6.01. The van der Waals surface area contributed by atoms with Crippen molar-refractivity contribution in [2.24, 2.45) is 0 Å². The van der Waals surface area contributed by atoms with Crippen molar-refractivity contribution in [1.82, 2.24) is 4.90 Å². The summed E-state index contributed by atoms with van der Waals surface area (Å²) in [5.41, 5.74) is 0. The first-order valence-corrected chi connectivity index (χ1v) is 8.64. The van der Waals surface area contributed by atoms with Crippen molar-refractivity contribution in [3.8, 4) is 0 Å². The minimum absolute atomic E-state index is 0. The third-order valence-electron chi connectivity index (χ3n) is 4.06. The van der Waals surface area contributed by atoms with Crippen LogP contribution in [0.2, 0.25) is 0 Å². The van der Waals surface area contributed by atoms with Gasteiger partial charge in [0.05, 0.1) is 19.8 Å². The van der Waals surface area contributed by atoms with Crippen LogP contribution in [-0.4, -0.2) is 43.5 Å². The van der Waals surface area contributed by atoms with Crippen LogP contribution in [-0.2, 0) is 9.53 Å². The van der Waals surface area contributed by atoms with E-state index < -0.39 is 0 Å². The van der Waals surface area contributed by atoms with Gasteiger partial charge in [-0.05, 0) is 6.42 Å². The van der Waals surface area contributed by atoms with Crippen molar-refractivity contribution in [2.75, 3.05) is 32.8 Å². The summed E-state index contributed by atoms with van der Waals surface area (Å²) in [6.07, 6.45) is 12.6. The summed E-state index contributed by atoms with van der Waals surface area (Å²) in [6.45, 7) is 6.30. The number of nitrogens with zero attached hydrogens (tertiary/aromatic N) is 1. The molecule has 21 heavy (non-hydrogen) atoms. The molecule has 0 atom stereocenters. The fourth-order valence-corrected chi connectivity index (χ4v) is 2.72. The van der Waals surface area contributed by atoms with Gasteiger partial charge in [0.2, 0.25) is 0 Å². The Morgan fingerprint density at radius 1 is 0.905 bits per heavy atom. The Hall–Kier alpha value is -0.120. The normalized spacial score (nSPS) is 15.7. The molecule has 1 saturated heterocycles. The zero-order valence-electron chi connectivity index (χ0n) is 13.8. The summed E-state index contributed by atoms with van der Waals surface area (Å²) in [4.78, 5) is 14.1. The predicted molar refractivity (Wildman–Crippen MR) is 91.4 cm³/mol. The molecule has 0 amide bonds. The van der Waals surface area contributed by atoms with Crippen molar-refractivity contribution < 1.29 is 9.53 Å². The van der Waals surface area contributed by atoms with E-state index in [2.05, 4.69) is 11.8 Å². The van der Waals surface area contributed by atoms with Gasteiger partial charge < -0.3 is 4.74 Å². The van der Waals surface area contributed by atoms with E-state index in [9.17, 15) is 4.79 Å². The van der Waals surface area contributed by atoms with Crippen LogP contribution in [0.25, 0.3) is 0 Å². The van der Waals surface area contributed by atoms with Gasteiger partial charge in [0.25, 0.3) is 0 Å². The Bertz CT molecular complexity index is 243. The summed E-state index contributed by atoms with van der Waals surface area (Å²) < 4.78 is 5.29. The maximum absolute atomic E-state index is 11.8. The number of Topliss-reactive ketones (excluding diaryl/α,β-unsaturated/α-hetero) is 1. The van der Waals surface area contributed by atoms with Crippen LogP contribution in [0.5, 0.6) is 0 Å². The molecule has 0 unspecified atom stereocenters. The van der Waals surface area contributed by atoms with E-state index in [-0.39, 0.29) is 12.4 Å². The first-order valence-electron chi connectivity index (χ1n) is 8.64. The van der Waals surface area contributed by atoms with E-state index in [0.29, 0.717) is 12.3 Å². The van der Waals surface area contributed by atoms with Crippen molar-refractivity contribution in [1.29, 1.82) is 0 Å². The average molecular weight is 320 g/mol. The van der Waals surface area contributed by atoms with Gasteiger partial charge in [-0.15, -0.1) is 12.4 Å². The Labute approximate surface area is 137 Å². The summed E-state index contributed by atoms with van der Waals surface area (Å²) in [5, 5.41) is 0. The van der Waals surface area contributed by atoms with Gasteiger partial charge in [0, 0.05) is 19.5 Å². The lowest BCUT2D eigenvalue weighted by atomic mass is 10.1. The molecule has 0 aromatic heterocycles. The van der Waals surface area contributed by atoms with Crippen LogP contribution in [0.1, 0.15) is 71.1 Å². The van der Waals surface area contributed by atoms with Crippen LogP contribution >= 0.6 is 12.4 Å². The minimum Gasteiger partial charge on any atom is -0.379 e. The molecule has 0 spiro atoms. The summed E-state index contributed by atoms with van der Waals surface area (Å²) in [5.74, 6) is 0.412. The second-order valence-electron chi connectivity index (χ2n) is 6.01. The lowest BCUT2D eigenvalue weighted by Gasteiger charge is -2.25. The molecule has 0 aromatic rings. The number of hydrogen-bond acceptors (Lipinski definition) is 3. The number of rotatable bonds is 12. The van der Waals surface area contributed by atoms with Crippen molar-refractivity contribution in [3.63, 3.8) is 0 Å². The molecule has 1 rings (SSSR count). The van der Waals surface area contributed by atoms with Gasteiger partial charge in [0.15, 0.2) is 0 Å². The average Bonchev–Trinajstić information content (AvgIpc) is 2.46. The van der Waals surface area contributed by atoms with Crippen LogP contribution in [0, 0.1) is 0 Å². The highest BCUT2D eigenvalue weighted by Gasteiger charge is 2.13. The maximum Gasteiger partial charge on any atom is 0.146 e. The Kier molecular flexibility index (Phi) is 14.7. The maximum atomic E-state index is 11.8. The lowest BCUT2D eigenvalue weighted by Crippen LogP contribution is -2.39. The molecule has 1 fully saturated rings. The molecule has 1 aliphatic rings. The van der Waals surface area contributed by atoms with Crippen LogP contribution < -0.4 is 0 Å². The van der Waals surface area contributed by atoms with Gasteiger partial charge in [-0.2, -0.15) is 0 Å². The number of carbonyl (C=O) groups is 1. The molecule has 126 valence electrons. The third-order valence-corrected chi connectivity index (χ3v) is 4.06. The van der Waals surface area contributed by atoms with Gasteiger partial charge >= 0.3 is 0 Å². The number of unbranched alkanes of at least 4 members (excludes halogenated alkanes) is 8. The monoisotopic (exact) mass is 319 g/mol. The molecule has 1 heterocycles. The number of morpholine rings is 1. The van der Waals surface area contributed by atoms with E-state index in [4.69, 9.17) is 4.74 Å². The zero-order chi connectivity index (χ0) is 14.5. The quantitative estimate of drug-likeness (QED) is 0.504. The highest BCUT2D eigenvalue weighted by Crippen LogP contribution is 2.11. The fraction of sp³-hybridized carbons (Fsp3) is 0.941.